The van der Waals surface area contributed by atoms with Crippen LogP contribution in [-0.4, -0.2) is 32.2 Å². The standard InChI is InChI=1S/C24H26N4O2/c1-18-12-23(19(2)28(18)17-22-10-7-11-30-22)24(29)26(3)14-21-13-25-27(16-21)15-20-8-5-4-6-9-20/h4-13,16H,14-15,17H2,1-3H3. The molecule has 0 aliphatic rings. The van der Waals surface area contributed by atoms with Crippen LogP contribution in [-0.2, 0) is 19.6 Å². The van der Waals surface area contributed by atoms with Crippen molar-refractivity contribution < 1.29 is 9.21 Å². The van der Waals surface area contributed by atoms with Crippen LogP contribution in [0.5, 0.6) is 0 Å². The van der Waals surface area contributed by atoms with E-state index in [0.717, 1.165) is 28.3 Å². The Hall–Kier alpha value is -3.54. The summed E-state index contributed by atoms with van der Waals surface area (Å²) in [6.07, 6.45) is 5.49. The lowest BCUT2D eigenvalue weighted by Crippen LogP contribution is -2.26. The molecule has 1 aromatic carbocycles. The quantitative estimate of drug-likeness (QED) is 0.464. The molecular weight excluding hydrogens is 376 g/mol. The highest BCUT2D eigenvalue weighted by Crippen LogP contribution is 2.19. The van der Waals surface area contributed by atoms with E-state index in [1.807, 2.05) is 74.4 Å². The molecule has 0 aliphatic heterocycles. The number of furan rings is 1. The van der Waals surface area contributed by atoms with Crippen LogP contribution in [0.3, 0.4) is 0 Å². The molecule has 0 unspecified atom stereocenters. The fourth-order valence-electron chi connectivity index (χ4n) is 3.72. The van der Waals surface area contributed by atoms with Gasteiger partial charge in [0.25, 0.3) is 5.91 Å². The number of rotatable bonds is 7. The van der Waals surface area contributed by atoms with E-state index in [1.165, 1.54) is 5.56 Å². The van der Waals surface area contributed by atoms with Gasteiger partial charge in [-0.3, -0.25) is 9.48 Å². The molecule has 6 nitrogen and oxygen atoms in total. The molecule has 4 rings (SSSR count). The Balaban J connectivity index is 1.44. The second kappa shape index (κ2) is 8.45. The van der Waals surface area contributed by atoms with Crippen LogP contribution < -0.4 is 0 Å². The molecule has 4 aromatic rings. The Morgan fingerprint density at radius 3 is 2.60 bits per heavy atom. The van der Waals surface area contributed by atoms with Crippen LogP contribution in [0.25, 0.3) is 0 Å². The van der Waals surface area contributed by atoms with Gasteiger partial charge in [-0.15, -0.1) is 0 Å². The minimum Gasteiger partial charge on any atom is -0.467 e. The average Bonchev–Trinajstić information content (AvgIpc) is 3.47. The second-order valence-corrected chi connectivity index (χ2v) is 7.64. The first-order valence-corrected chi connectivity index (χ1v) is 10.0. The van der Waals surface area contributed by atoms with Gasteiger partial charge in [0.15, 0.2) is 0 Å². The van der Waals surface area contributed by atoms with Crippen molar-refractivity contribution in [3.05, 3.63) is 101 Å². The maximum atomic E-state index is 13.1. The van der Waals surface area contributed by atoms with E-state index in [-0.39, 0.29) is 5.91 Å². The summed E-state index contributed by atoms with van der Waals surface area (Å²) in [5.74, 6) is 0.875. The highest BCUT2D eigenvalue weighted by molar-refractivity contribution is 5.95. The van der Waals surface area contributed by atoms with Crippen molar-refractivity contribution in [2.45, 2.75) is 33.5 Å². The molecule has 30 heavy (non-hydrogen) atoms. The van der Waals surface area contributed by atoms with Crippen LogP contribution in [0, 0.1) is 13.8 Å². The van der Waals surface area contributed by atoms with Crippen LogP contribution >= 0.6 is 0 Å². The van der Waals surface area contributed by atoms with Gasteiger partial charge in [0.1, 0.15) is 5.76 Å². The smallest absolute Gasteiger partial charge is 0.255 e. The molecule has 0 aliphatic carbocycles. The maximum absolute atomic E-state index is 13.1. The van der Waals surface area contributed by atoms with Gasteiger partial charge in [-0.05, 0) is 37.6 Å². The Labute approximate surface area is 176 Å². The summed E-state index contributed by atoms with van der Waals surface area (Å²) in [4.78, 5) is 14.8. The highest BCUT2D eigenvalue weighted by Gasteiger charge is 2.20. The van der Waals surface area contributed by atoms with Crippen molar-refractivity contribution in [3.63, 3.8) is 0 Å². The minimum absolute atomic E-state index is 0.00426. The molecule has 0 N–H and O–H groups in total. The molecule has 1 amide bonds. The predicted octanol–water partition coefficient (Wildman–Crippen LogP) is 4.26. The van der Waals surface area contributed by atoms with Gasteiger partial charge in [-0.25, -0.2) is 0 Å². The second-order valence-electron chi connectivity index (χ2n) is 7.64. The van der Waals surface area contributed by atoms with E-state index < -0.39 is 0 Å². The van der Waals surface area contributed by atoms with Crippen molar-refractivity contribution in [1.82, 2.24) is 19.2 Å². The molecule has 6 heteroatoms. The van der Waals surface area contributed by atoms with Crippen LogP contribution in [0.4, 0.5) is 0 Å². The van der Waals surface area contributed by atoms with Gasteiger partial charge in [-0.1, -0.05) is 30.3 Å². The zero-order valence-electron chi connectivity index (χ0n) is 17.6. The highest BCUT2D eigenvalue weighted by atomic mass is 16.3. The molecule has 0 radical (unpaired) electrons. The zero-order valence-corrected chi connectivity index (χ0v) is 17.6. The summed E-state index contributed by atoms with van der Waals surface area (Å²) in [5, 5.41) is 4.44. The number of carbonyl (C=O) groups excluding carboxylic acids is 1. The van der Waals surface area contributed by atoms with Crippen molar-refractivity contribution >= 4 is 5.91 Å². The lowest BCUT2D eigenvalue weighted by atomic mass is 10.2. The van der Waals surface area contributed by atoms with Crippen molar-refractivity contribution in [2.75, 3.05) is 7.05 Å². The number of benzene rings is 1. The van der Waals surface area contributed by atoms with E-state index in [4.69, 9.17) is 4.42 Å². The first-order chi connectivity index (χ1) is 14.5. The van der Waals surface area contributed by atoms with E-state index in [1.54, 1.807) is 11.2 Å². The number of aromatic nitrogens is 3. The molecule has 3 aromatic heterocycles. The van der Waals surface area contributed by atoms with Crippen LogP contribution in [0.1, 0.15) is 38.6 Å². The molecule has 0 saturated carbocycles. The number of amides is 1. The summed E-state index contributed by atoms with van der Waals surface area (Å²) in [6, 6.07) is 16.0. The summed E-state index contributed by atoms with van der Waals surface area (Å²) in [5.41, 5.74) is 4.90. The maximum Gasteiger partial charge on any atom is 0.255 e. The number of aryl methyl sites for hydroxylation is 1. The van der Waals surface area contributed by atoms with E-state index >= 15 is 0 Å². The molecule has 0 atom stereocenters. The van der Waals surface area contributed by atoms with Gasteiger partial charge in [-0.2, -0.15) is 5.10 Å². The zero-order chi connectivity index (χ0) is 21.1. The third-order valence-electron chi connectivity index (χ3n) is 5.34. The van der Waals surface area contributed by atoms with Crippen molar-refractivity contribution in [3.8, 4) is 0 Å². The van der Waals surface area contributed by atoms with Crippen molar-refractivity contribution in [1.29, 1.82) is 0 Å². The van der Waals surface area contributed by atoms with E-state index in [2.05, 4.69) is 21.8 Å². The Morgan fingerprint density at radius 1 is 1.07 bits per heavy atom. The molecule has 154 valence electrons. The largest absolute Gasteiger partial charge is 0.467 e. The molecule has 0 spiro atoms. The van der Waals surface area contributed by atoms with Gasteiger partial charge in [0, 0.05) is 36.7 Å². The number of carbonyl (C=O) groups is 1. The third-order valence-corrected chi connectivity index (χ3v) is 5.34. The molecule has 0 saturated heterocycles. The van der Waals surface area contributed by atoms with Crippen LogP contribution in [0.2, 0.25) is 0 Å². The summed E-state index contributed by atoms with van der Waals surface area (Å²) >= 11 is 0. The van der Waals surface area contributed by atoms with Gasteiger partial charge in [0.2, 0.25) is 0 Å². The Bertz CT molecular complexity index is 1120. The Morgan fingerprint density at radius 2 is 1.87 bits per heavy atom. The number of nitrogens with zero attached hydrogens (tertiary/aromatic N) is 4. The minimum atomic E-state index is 0.00426. The monoisotopic (exact) mass is 402 g/mol. The first kappa shape index (κ1) is 19.8. The number of hydrogen-bond donors (Lipinski definition) is 0. The predicted molar refractivity (Wildman–Crippen MR) is 115 cm³/mol. The topological polar surface area (TPSA) is 56.2 Å². The van der Waals surface area contributed by atoms with Gasteiger partial charge < -0.3 is 13.9 Å². The summed E-state index contributed by atoms with van der Waals surface area (Å²) in [7, 11) is 1.83. The average molecular weight is 402 g/mol. The SMILES string of the molecule is Cc1cc(C(=O)N(C)Cc2cnn(Cc3ccccc3)c2)c(C)n1Cc1ccco1. The fourth-order valence-corrected chi connectivity index (χ4v) is 3.72. The molecular formula is C24H26N4O2. The molecule has 0 fully saturated rings. The Kier molecular flexibility index (Phi) is 5.57. The normalized spacial score (nSPS) is 11.0. The number of hydrogen-bond acceptors (Lipinski definition) is 3. The van der Waals surface area contributed by atoms with Gasteiger partial charge in [0.05, 0.1) is 31.1 Å². The lowest BCUT2D eigenvalue weighted by Gasteiger charge is -2.16. The molecule has 3 heterocycles. The van der Waals surface area contributed by atoms with Gasteiger partial charge >= 0.3 is 0 Å². The first-order valence-electron chi connectivity index (χ1n) is 10.0. The summed E-state index contributed by atoms with van der Waals surface area (Å²) in [6.45, 7) is 5.84. The molecule has 0 bridgehead atoms. The van der Waals surface area contributed by atoms with E-state index in [9.17, 15) is 4.79 Å². The third kappa shape index (κ3) is 4.22. The van der Waals surface area contributed by atoms with Crippen LogP contribution in [0.15, 0.2) is 71.6 Å². The lowest BCUT2D eigenvalue weighted by molar-refractivity contribution is 0.0784. The fraction of sp³-hybridized carbons (Fsp3) is 0.250. The van der Waals surface area contributed by atoms with Crippen molar-refractivity contribution in [2.24, 2.45) is 0 Å². The summed E-state index contributed by atoms with van der Waals surface area (Å²) < 4.78 is 9.47. The van der Waals surface area contributed by atoms with E-state index in [0.29, 0.717) is 19.6 Å².